The predicted molar refractivity (Wildman–Crippen MR) is 107 cm³/mol. The minimum atomic E-state index is -0.263. The molecular formula is C18H15Cl2FN4S. The average Bonchev–Trinajstić information content (AvgIpc) is 3.05. The molecule has 0 saturated heterocycles. The van der Waals surface area contributed by atoms with Crippen LogP contribution in [0.4, 0.5) is 10.1 Å². The second kappa shape index (κ2) is 8.49. The number of benzene rings is 2. The minimum absolute atomic E-state index is 0.263. The Balaban J connectivity index is 1.56. The molecule has 2 N–H and O–H groups in total. The first-order chi connectivity index (χ1) is 12.5. The number of aromatic nitrogens is 2. The lowest BCUT2D eigenvalue weighted by atomic mass is 10.2. The summed E-state index contributed by atoms with van der Waals surface area (Å²) in [5.41, 5.74) is 2.48. The molecule has 0 fully saturated rings. The Kier molecular flexibility index (Phi) is 6.08. The molecule has 0 aliphatic carbocycles. The van der Waals surface area contributed by atoms with Crippen LogP contribution in [0.5, 0.6) is 0 Å². The summed E-state index contributed by atoms with van der Waals surface area (Å²) in [5.74, 6) is -0.263. The second-order valence-corrected chi connectivity index (χ2v) is 6.78. The molecule has 134 valence electrons. The maximum atomic E-state index is 12.9. The number of anilines is 1. The lowest BCUT2D eigenvalue weighted by Crippen LogP contribution is -2.27. The van der Waals surface area contributed by atoms with Gasteiger partial charge in [-0.25, -0.2) is 4.39 Å². The Labute approximate surface area is 165 Å². The maximum absolute atomic E-state index is 12.9. The molecule has 0 aliphatic heterocycles. The zero-order valence-electron chi connectivity index (χ0n) is 13.5. The second-order valence-electron chi connectivity index (χ2n) is 5.56. The summed E-state index contributed by atoms with van der Waals surface area (Å²) >= 11 is 17.6. The monoisotopic (exact) mass is 408 g/mol. The Morgan fingerprint density at radius 1 is 1.12 bits per heavy atom. The quantitative estimate of drug-likeness (QED) is 0.591. The van der Waals surface area contributed by atoms with E-state index in [2.05, 4.69) is 15.7 Å². The van der Waals surface area contributed by atoms with Crippen LogP contribution in [0.1, 0.15) is 11.1 Å². The highest BCUT2D eigenvalue weighted by Gasteiger charge is 2.08. The van der Waals surface area contributed by atoms with Crippen LogP contribution in [-0.2, 0) is 13.1 Å². The van der Waals surface area contributed by atoms with Crippen LogP contribution in [0.25, 0.3) is 0 Å². The van der Waals surface area contributed by atoms with Crippen molar-refractivity contribution in [3.8, 4) is 0 Å². The molecule has 0 spiro atoms. The van der Waals surface area contributed by atoms with E-state index < -0.39 is 0 Å². The molecule has 0 bridgehead atoms. The van der Waals surface area contributed by atoms with E-state index in [1.165, 1.54) is 12.1 Å². The lowest BCUT2D eigenvalue weighted by molar-refractivity contribution is 0.627. The highest BCUT2D eigenvalue weighted by Crippen LogP contribution is 2.25. The molecule has 3 rings (SSSR count). The van der Waals surface area contributed by atoms with E-state index in [1.54, 1.807) is 41.2 Å². The van der Waals surface area contributed by atoms with Gasteiger partial charge >= 0.3 is 0 Å². The normalized spacial score (nSPS) is 10.6. The van der Waals surface area contributed by atoms with Gasteiger partial charge in [-0.15, -0.1) is 0 Å². The third-order valence-corrected chi connectivity index (χ3v) is 4.59. The zero-order chi connectivity index (χ0) is 18.5. The van der Waals surface area contributed by atoms with Gasteiger partial charge in [0.1, 0.15) is 5.82 Å². The van der Waals surface area contributed by atoms with Gasteiger partial charge in [0, 0.05) is 28.4 Å². The van der Waals surface area contributed by atoms with E-state index in [9.17, 15) is 4.39 Å². The molecule has 26 heavy (non-hydrogen) atoms. The molecule has 0 unspecified atom stereocenters. The third kappa shape index (κ3) is 4.94. The predicted octanol–water partition coefficient (Wildman–Crippen LogP) is 4.86. The molecule has 8 heteroatoms. The van der Waals surface area contributed by atoms with Crippen LogP contribution in [0.15, 0.2) is 54.9 Å². The van der Waals surface area contributed by atoms with Gasteiger partial charge < -0.3 is 10.6 Å². The average molecular weight is 409 g/mol. The summed E-state index contributed by atoms with van der Waals surface area (Å²) in [6, 6.07) is 11.6. The highest BCUT2D eigenvalue weighted by molar-refractivity contribution is 7.80. The van der Waals surface area contributed by atoms with Crippen molar-refractivity contribution in [2.45, 2.75) is 13.1 Å². The van der Waals surface area contributed by atoms with Crippen molar-refractivity contribution < 1.29 is 4.39 Å². The number of nitrogens with zero attached hydrogens (tertiary/aromatic N) is 2. The van der Waals surface area contributed by atoms with Crippen LogP contribution < -0.4 is 10.6 Å². The number of hydrogen-bond donors (Lipinski definition) is 2. The fourth-order valence-corrected chi connectivity index (χ4v) is 3.03. The van der Waals surface area contributed by atoms with Gasteiger partial charge in [0.15, 0.2) is 5.11 Å². The van der Waals surface area contributed by atoms with Crippen molar-refractivity contribution in [2.24, 2.45) is 0 Å². The van der Waals surface area contributed by atoms with E-state index in [0.717, 1.165) is 16.8 Å². The Morgan fingerprint density at radius 3 is 2.50 bits per heavy atom. The van der Waals surface area contributed by atoms with Crippen LogP contribution in [0.3, 0.4) is 0 Å². The summed E-state index contributed by atoms with van der Waals surface area (Å²) < 4.78 is 14.6. The Hall–Kier alpha value is -2.15. The van der Waals surface area contributed by atoms with Crippen LogP contribution in [0.2, 0.25) is 10.0 Å². The SMILES string of the molecule is Fc1ccc(CNC(=S)Nc2cnn(Cc3c(Cl)cccc3Cl)c2)cc1. The number of thiocarbonyl (C=S) groups is 1. The number of hydrogen-bond acceptors (Lipinski definition) is 2. The molecule has 0 radical (unpaired) electrons. The molecule has 2 aromatic carbocycles. The van der Waals surface area contributed by atoms with Crippen LogP contribution in [-0.4, -0.2) is 14.9 Å². The molecule has 1 aromatic heterocycles. The summed E-state index contributed by atoms with van der Waals surface area (Å²) in [6.07, 6.45) is 3.47. The number of halogens is 3. The van der Waals surface area contributed by atoms with Gasteiger partial charge in [0.25, 0.3) is 0 Å². The van der Waals surface area contributed by atoms with Crippen molar-refractivity contribution >= 4 is 46.2 Å². The van der Waals surface area contributed by atoms with E-state index in [4.69, 9.17) is 35.4 Å². The van der Waals surface area contributed by atoms with Crippen molar-refractivity contribution in [3.63, 3.8) is 0 Å². The number of rotatable bonds is 5. The van der Waals surface area contributed by atoms with Gasteiger partial charge in [-0.05, 0) is 42.0 Å². The van der Waals surface area contributed by atoms with Gasteiger partial charge in [0.2, 0.25) is 0 Å². The first-order valence-corrected chi connectivity index (χ1v) is 8.92. The van der Waals surface area contributed by atoms with Crippen molar-refractivity contribution in [2.75, 3.05) is 5.32 Å². The van der Waals surface area contributed by atoms with Gasteiger partial charge in [-0.1, -0.05) is 41.4 Å². The third-order valence-electron chi connectivity index (χ3n) is 3.64. The van der Waals surface area contributed by atoms with Crippen LogP contribution in [0, 0.1) is 5.82 Å². The topological polar surface area (TPSA) is 41.9 Å². The van der Waals surface area contributed by atoms with E-state index in [1.807, 2.05) is 6.20 Å². The van der Waals surface area contributed by atoms with Gasteiger partial charge in [-0.2, -0.15) is 5.10 Å². The van der Waals surface area contributed by atoms with Gasteiger partial charge in [0.05, 0.1) is 18.4 Å². The van der Waals surface area contributed by atoms with E-state index >= 15 is 0 Å². The maximum Gasteiger partial charge on any atom is 0.171 e. The standard InChI is InChI=1S/C18H15Cl2FN4S/c19-16-2-1-3-17(20)15(16)11-25-10-14(9-23-25)24-18(26)22-8-12-4-6-13(21)7-5-12/h1-7,9-10H,8,11H2,(H2,22,24,26). The van der Waals surface area contributed by atoms with Gasteiger partial charge in [-0.3, -0.25) is 4.68 Å². The van der Waals surface area contributed by atoms with E-state index in [0.29, 0.717) is 28.2 Å². The highest BCUT2D eigenvalue weighted by atomic mass is 35.5. The molecule has 0 amide bonds. The summed E-state index contributed by atoms with van der Waals surface area (Å²) in [7, 11) is 0. The summed E-state index contributed by atoms with van der Waals surface area (Å²) in [6.45, 7) is 0.950. The molecule has 1 heterocycles. The zero-order valence-corrected chi connectivity index (χ0v) is 15.9. The largest absolute Gasteiger partial charge is 0.358 e. The fraction of sp³-hybridized carbons (Fsp3) is 0.111. The number of nitrogens with one attached hydrogen (secondary N) is 2. The first-order valence-electron chi connectivity index (χ1n) is 7.76. The summed E-state index contributed by atoms with van der Waals surface area (Å²) in [4.78, 5) is 0. The molecule has 0 saturated carbocycles. The summed E-state index contributed by atoms with van der Waals surface area (Å²) in [5, 5.41) is 12.0. The van der Waals surface area contributed by atoms with Crippen molar-refractivity contribution in [1.29, 1.82) is 0 Å². The molecule has 4 nitrogen and oxygen atoms in total. The molecule has 3 aromatic rings. The van der Waals surface area contributed by atoms with Crippen LogP contribution >= 0.6 is 35.4 Å². The molecule has 0 aliphatic rings. The Morgan fingerprint density at radius 2 is 1.81 bits per heavy atom. The van der Waals surface area contributed by atoms with E-state index in [-0.39, 0.29) is 5.82 Å². The molecule has 0 atom stereocenters. The smallest absolute Gasteiger partial charge is 0.171 e. The first kappa shape index (κ1) is 18.6. The minimum Gasteiger partial charge on any atom is -0.358 e. The lowest BCUT2D eigenvalue weighted by Gasteiger charge is -2.09. The fourth-order valence-electron chi connectivity index (χ4n) is 2.32. The molecular weight excluding hydrogens is 394 g/mol. The van der Waals surface area contributed by atoms with Crippen molar-refractivity contribution in [1.82, 2.24) is 15.1 Å². The Bertz CT molecular complexity index is 892. The van der Waals surface area contributed by atoms with Crippen molar-refractivity contribution in [3.05, 3.63) is 81.8 Å².